The Hall–Kier alpha value is -4.16. The highest BCUT2D eigenvalue weighted by atomic mass is 16.2. The number of rotatable bonds is 12. The first kappa shape index (κ1) is 35.2. The maximum atomic E-state index is 14.6. The number of carbonyl (C=O) groups excluding carboxylic acids is 6. The first-order valence-electron chi connectivity index (χ1n) is 17.3. The normalized spacial score (nSPS) is 23.4. The largest absolute Gasteiger partial charge is 0.346 e. The SMILES string of the molecule is C=CCNC(=O)C(=O)C(CC1CCC1)NC(=O)[C@@H]1CCCN1C(=O)[C@@H](N1C(=O)[C@@H](NC(=O)c2cnccn2)C12CCCCC2)C(C)(C)C. The van der Waals surface area contributed by atoms with E-state index < -0.39 is 58.6 Å². The van der Waals surface area contributed by atoms with E-state index in [9.17, 15) is 28.8 Å². The molecule has 48 heavy (non-hydrogen) atoms. The molecule has 1 aromatic heterocycles. The molecule has 1 spiro atoms. The number of likely N-dealkylation sites (tertiary alicyclic amines) is 2. The molecule has 13 heteroatoms. The third-order valence-electron chi connectivity index (χ3n) is 10.5. The Kier molecular flexibility index (Phi) is 10.6. The summed E-state index contributed by atoms with van der Waals surface area (Å²) in [5, 5.41) is 8.25. The number of aromatic nitrogens is 2. The zero-order valence-electron chi connectivity index (χ0n) is 28.3. The number of ketones is 1. The van der Waals surface area contributed by atoms with E-state index in [1.807, 2.05) is 20.8 Å². The van der Waals surface area contributed by atoms with E-state index in [1.165, 1.54) is 24.7 Å². The molecule has 2 saturated heterocycles. The molecule has 5 rings (SSSR count). The van der Waals surface area contributed by atoms with E-state index in [1.54, 1.807) is 9.80 Å². The monoisotopic (exact) mass is 663 g/mol. The number of Topliss-reactive ketones (excluding diaryl/α,β-unsaturated/α-hetero) is 1. The number of hydrogen-bond acceptors (Lipinski definition) is 8. The van der Waals surface area contributed by atoms with E-state index in [0.29, 0.717) is 38.6 Å². The predicted octanol–water partition coefficient (Wildman–Crippen LogP) is 2.07. The Morgan fingerprint density at radius 3 is 2.38 bits per heavy atom. The second-order valence-corrected chi connectivity index (χ2v) is 14.8. The molecule has 2 aliphatic carbocycles. The average molecular weight is 664 g/mol. The van der Waals surface area contributed by atoms with Crippen molar-refractivity contribution in [1.82, 2.24) is 35.7 Å². The van der Waals surface area contributed by atoms with Gasteiger partial charge in [-0.1, -0.05) is 65.4 Å². The summed E-state index contributed by atoms with van der Waals surface area (Å²) in [6.45, 7) is 9.75. The summed E-state index contributed by atoms with van der Waals surface area (Å²) >= 11 is 0. The minimum absolute atomic E-state index is 0.108. The minimum atomic E-state index is -0.996. The number of β-lactam (4-membered cyclic amide) rings is 1. The van der Waals surface area contributed by atoms with Crippen LogP contribution in [0.5, 0.6) is 0 Å². The lowest BCUT2D eigenvalue weighted by molar-refractivity contribution is -0.186. The standard InChI is InChI=1S/C35H49N7O6/c1-5-16-38-31(46)26(43)23(20-22-11-9-12-22)39-30(45)25-13-10-19-41(25)33(48)28(34(2,3)4)42-32(47)27(35(42)14-7-6-8-15-35)40-29(44)24-21-36-17-18-37-24/h5,17-18,21-23,25,27-28H,1,6-16,19-20H2,2-4H3,(H,38,46)(H,39,45)(H,40,44)/t23?,25-,27+,28+/m0/s1. The van der Waals surface area contributed by atoms with Crippen molar-refractivity contribution < 1.29 is 28.8 Å². The van der Waals surface area contributed by atoms with Crippen LogP contribution in [0, 0.1) is 11.3 Å². The van der Waals surface area contributed by atoms with E-state index in [2.05, 4.69) is 32.5 Å². The molecule has 2 aliphatic heterocycles. The van der Waals surface area contributed by atoms with Gasteiger partial charge in [0.05, 0.1) is 17.8 Å². The van der Waals surface area contributed by atoms with Gasteiger partial charge in [-0.3, -0.25) is 33.8 Å². The Balaban J connectivity index is 1.37. The van der Waals surface area contributed by atoms with E-state index in [4.69, 9.17) is 0 Å². The Morgan fingerprint density at radius 2 is 1.77 bits per heavy atom. The van der Waals surface area contributed by atoms with Crippen LogP contribution < -0.4 is 16.0 Å². The fourth-order valence-electron chi connectivity index (χ4n) is 7.86. The van der Waals surface area contributed by atoms with Crippen LogP contribution in [0.1, 0.15) is 102 Å². The van der Waals surface area contributed by atoms with Crippen molar-refractivity contribution in [2.75, 3.05) is 13.1 Å². The van der Waals surface area contributed by atoms with Gasteiger partial charge in [-0.2, -0.15) is 0 Å². The summed E-state index contributed by atoms with van der Waals surface area (Å²) in [6.07, 6.45) is 13.9. The number of amides is 5. The van der Waals surface area contributed by atoms with E-state index in [-0.39, 0.29) is 30.0 Å². The zero-order valence-corrected chi connectivity index (χ0v) is 28.3. The van der Waals surface area contributed by atoms with Crippen molar-refractivity contribution in [1.29, 1.82) is 0 Å². The van der Waals surface area contributed by atoms with Crippen LogP contribution in [0.25, 0.3) is 0 Å². The number of nitrogens with one attached hydrogen (secondary N) is 3. The zero-order chi connectivity index (χ0) is 34.6. The molecular formula is C35H49N7O6. The van der Waals surface area contributed by atoms with Crippen LogP contribution in [0.2, 0.25) is 0 Å². The lowest BCUT2D eigenvalue weighted by Gasteiger charge is -2.63. The summed E-state index contributed by atoms with van der Waals surface area (Å²) in [6, 6.07) is -3.54. The van der Waals surface area contributed by atoms with Crippen molar-refractivity contribution in [3.63, 3.8) is 0 Å². The highest BCUT2D eigenvalue weighted by Crippen LogP contribution is 2.49. The van der Waals surface area contributed by atoms with Gasteiger partial charge in [0.25, 0.3) is 11.8 Å². The van der Waals surface area contributed by atoms with Crippen LogP contribution >= 0.6 is 0 Å². The predicted molar refractivity (Wildman–Crippen MR) is 176 cm³/mol. The molecule has 5 amide bonds. The molecule has 2 saturated carbocycles. The van der Waals surface area contributed by atoms with Gasteiger partial charge in [-0.05, 0) is 43.4 Å². The van der Waals surface area contributed by atoms with Gasteiger partial charge in [-0.15, -0.1) is 6.58 Å². The van der Waals surface area contributed by atoms with Gasteiger partial charge in [0.15, 0.2) is 0 Å². The highest BCUT2D eigenvalue weighted by Gasteiger charge is 2.65. The summed E-state index contributed by atoms with van der Waals surface area (Å²) in [4.78, 5) is 92.7. The van der Waals surface area contributed by atoms with Gasteiger partial charge in [0.1, 0.15) is 23.8 Å². The Bertz CT molecular complexity index is 1420. The molecule has 4 fully saturated rings. The topological polar surface area (TPSA) is 171 Å². The maximum absolute atomic E-state index is 14.6. The van der Waals surface area contributed by atoms with Gasteiger partial charge in [-0.25, -0.2) is 4.98 Å². The van der Waals surface area contributed by atoms with Gasteiger partial charge < -0.3 is 25.8 Å². The van der Waals surface area contributed by atoms with Crippen molar-refractivity contribution in [3.05, 3.63) is 36.9 Å². The lowest BCUT2D eigenvalue weighted by Crippen LogP contribution is -2.83. The molecule has 1 unspecified atom stereocenters. The van der Waals surface area contributed by atoms with Crippen LogP contribution in [0.15, 0.2) is 31.2 Å². The Morgan fingerprint density at radius 1 is 1.04 bits per heavy atom. The summed E-state index contributed by atoms with van der Waals surface area (Å²) < 4.78 is 0. The molecule has 0 radical (unpaired) electrons. The van der Waals surface area contributed by atoms with Gasteiger partial charge in [0, 0.05) is 25.5 Å². The first-order valence-corrected chi connectivity index (χ1v) is 17.3. The molecule has 3 heterocycles. The molecule has 0 aromatic carbocycles. The highest BCUT2D eigenvalue weighted by molar-refractivity contribution is 6.38. The van der Waals surface area contributed by atoms with E-state index >= 15 is 0 Å². The van der Waals surface area contributed by atoms with Crippen molar-refractivity contribution >= 4 is 35.3 Å². The summed E-state index contributed by atoms with van der Waals surface area (Å²) in [5.74, 6) is -2.88. The maximum Gasteiger partial charge on any atom is 0.289 e. The summed E-state index contributed by atoms with van der Waals surface area (Å²) in [7, 11) is 0. The Labute approximate surface area is 282 Å². The number of nitrogens with zero attached hydrogens (tertiary/aromatic N) is 4. The van der Waals surface area contributed by atoms with E-state index in [0.717, 1.165) is 38.5 Å². The first-order chi connectivity index (χ1) is 22.9. The minimum Gasteiger partial charge on any atom is -0.346 e. The van der Waals surface area contributed by atoms with Crippen molar-refractivity contribution in [2.45, 2.75) is 121 Å². The third-order valence-corrected chi connectivity index (χ3v) is 10.5. The smallest absolute Gasteiger partial charge is 0.289 e. The van der Waals surface area contributed by atoms with Crippen LogP contribution in [0.4, 0.5) is 0 Å². The van der Waals surface area contributed by atoms with Crippen LogP contribution in [0.3, 0.4) is 0 Å². The molecule has 4 aliphatic rings. The van der Waals surface area contributed by atoms with Gasteiger partial charge >= 0.3 is 0 Å². The third kappa shape index (κ3) is 7.00. The number of hydrogen-bond donors (Lipinski definition) is 3. The fourth-order valence-corrected chi connectivity index (χ4v) is 7.86. The quantitative estimate of drug-likeness (QED) is 0.173. The van der Waals surface area contributed by atoms with Crippen molar-refractivity contribution in [3.8, 4) is 0 Å². The molecule has 0 bridgehead atoms. The van der Waals surface area contributed by atoms with Crippen molar-refractivity contribution in [2.24, 2.45) is 11.3 Å². The molecule has 13 nitrogen and oxygen atoms in total. The molecule has 260 valence electrons. The average Bonchev–Trinajstić information content (AvgIpc) is 3.56. The van der Waals surface area contributed by atoms with Crippen LogP contribution in [-0.4, -0.2) is 97.9 Å². The number of carbonyl (C=O) groups is 6. The molecule has 4 atom stereocenters. The second-order valence-electron chi connectivity index (χ2n) is 14.8. The molecule has 1 aromatic rings. The fraction of sp³-hybridized carbons (Fsp3) is 0.657. The van der Waals surface area contributed by atoms with Crippen LogP contribution in [-0.2, 0) is 24.0 Å². The van der Waals surface area contributed by atoms with Gasteiger partial charge in [0.2, 0.25) is 23.5 Å². The lowest BCUT2D eigenvalue weighted by atomic mass is 9.65. The second kappa shape index (κ2) is 14.5. The molecular weight excluding hydrogens is 614 g/mol. The summed E-state index contributed by atoms with van der Waals surface area (Å²) in [5.41, 5.74) is -1.35. The molecule has 3 N–H and O–H groups in total.